The molecule has 2 aromatic carbocycles. The van der Waals surface area contributed by atoms with Crippen molar-refractivity contribution in [2.75, 3.05) is 38.0 Å². The van der Waals surface area contributed by atoms with Gasteiger partial charge in [-0.1, -0.05) is 42.0 Å². The van der Waals surface area contributed by atoms with E-state index in [4.69, 9.17) is 4.42 Å². The maximum absolute atomic E-state index is 12.8. The third-order valence-corrected chi connectivity index (χ3v) is 6.32. The van der Waals surface area contributed by atoms with Crippen LogP contribution in [0, 0.1) is 20.8 Å². The van der Waals surface area contributed by atoms with Crippen LogP contribution in [0.2, 0.25) is 0 Å². The zero-order chi connectivity index (χ0) is 25.7. The van der Waals surface area contributed by atoms with Crippen molar-refractivity contribution < 1.29 is 18.8 Å². The number of rotatable bonds is 7. The fourth-order valence-corrected chi connectivity index (χ4v) is 4.29. The molecule has 0 bridgehead atoms. The van der Waals surface area contributed by atoms with E-state index < -0.39 is 0 Å². The van der Waals surface area contributed by atoms with Crippen molar-refractivity contribution in [1.29, 1.82) is 0 Å². The summed E-state index contributed by atoms with van der Waals surface area (Å²) < 4.78 is 5.49. The lowest BCUT2D eigenvalue weighted by Gasteiger charge is -2.34. The first-order chi connectivity index (χ1) is 17.3. The lowest BCUT2D eigenvalue weighted by molar-refractivity contribution is -0.117. The molecule has 36 heavy (non-hydrogen) atoms. The number of hydrogen-bond acceptors (Lipinski definition) is 5. The topological polar surface area (TPSA) is 94.9 Å². The number of carbonyl (C=O) groups excluding carboxylic acids is 3. The number of anilines is 1. The van der Waals surface area contributed by atoms with Gasteiger partial charge in [-0.05, 0) is 44.5 Å². The van der Waals surface area contributed by atoms with Crippen molar-refractivity contribution in [1.82, 2.24) is 15.1 Å². The molecule has 2 N–H and O–H groups in total. The highest BCUT2D eigenvalue weighted by atomic mass is 16.3. The van der Waals surface area contributed by atoms with Crippen molar-refractivity contribution >= 4 is 23.4 Å². The minimum Gasteiger partial charge on any atom is -0.466 e. The van der Waals surface area contributed by atoms with Crippen LogP contribution in [0.15, 0.2) is 59.0 Å². The predicted molar refractivity (Wildman–Crippen MR) is 138 cm³/mol. The number of benzene rings is 2. The fraction of sp³-hybridized carbons (Fsp3) is 0.321. The Hall–Kier alpha value is -3.91. The fourth-order valence-electron chi connectivity index (χ4n) is 4.29. The molecule has 1 aliphatic heterocycles. The molecule has 0 unspecified atom stereocenters. The second-order valence-electron chi connectivity index (χ2n) is 9.16. The van der Waals surface area contributed by atoms with Gasteiger partial charge in [-0.25, -0.2) is 0 Å². The second kappa shape index (κ2) is 11.2. The number of piperazine rings is 1. The third-order valence-electron chi connectivity index (χ3n) is 6.32. The molecule has 1 aliphatic rings. The van der Waals surface area contributed by atoms with E-state index in [1.165, 1.54) is 0 Å². The second-order valence-corrected chi connectivity index (χ2v) is 9.16. The maximum atomic E-state index is 12.8. The normalized spacial score (nSPS) is 13.9. The molecule has 0 saturated carbocycles. The number of amides is 3. The zero-order valence-electron chi connectivity index (χ0n) is 21.0. The van der Waals surface area contributed by atoms with Gasteiger partial charge in [-0.15, -0.1) is 0 Å². The highest BCUT2D eigenvalue weighted by molar-refractivity contribution is 6.04. The standard InChI is InChI=1S/C28H32N4O4/c1-19-8-10-22(11-9-19)17-29-27(34)23-6-4-5-7-25(23)30-26(33)18-31-12-14-32(15-13-31)28(35)24-16-20(2)36-21(24)3/h4-11,16H,12-15,17-18H2,1-3H3,(H,29,34)(H,30,33). The number of nitrogens with zero attached hydrogens (tertiary/aromatic N) is 2. The van der Waals surface area contributed by atoms with E-state index in [0.717, 1.165) is 16.9 Å². The summed E-state index contributed by atoms with van der Waals surface area (Å²) in [4.78, 5) is 42.2. The Morgan fingerprint density at radius 1 is 0.889 bits per heavy atom. The molecular weight excluding hydrogens is 456 g/mol. The molecule has 0 radical (unpaired) electrons. The Morgan fingerprint density at radius 3 is 2.25 bits per heavy atom. The summed E-state index contributed by atoms with van der Waals surface area (Å²) in [6, 6.07) is 16.7. The number of hydrogen-bond donors (Lipinski definition) is 2. The molecule has 188 valence electrons. The van der Waals surface area contributed by atoms with Gasteiger partial charge in [-0.2, -0.15) is 0 Å². The van der Waals surface area contributed by atoms with Crippen LogP contribution in [0.4, 0.5) is 5.69 Å². The van der Waals surface area contributed by atoms with Gasteiger partial charge in [-0.3, -0.25) is 19.3 Å². The number of aryl methyl sites for hydroxylation is 3. The summed E-state index contributed by atoms with van der Waals surface area (Å²) in [6.45, 7) is 8.48. The van der Waals surface area contributed by atoms with Crippen LogP contribution in [0.3, 0.4) is 0 Å². The smallest absolute Gasteiger partial charge is 0.257 e. The predicted octanol–water partition coefficient (Wildman–Crippen LogP) is 3.53. The van der Waals surface area contributed by atoms with Crippen LogP contribution in [0.1, 0.15) is 43.4 Å². The van der Waals surface area contributed by atoms with Gasteiger partial charge < -0.3 is 20.0 Å². The van der Waals surface area contributed by atoms with Crippen molar-refractivity contribution in [3.05, 3.63) is 88.4 Å². The molecule has 4 rings (SSSR count). The summed E-state index contributed by atoms with van der Waals surface area (Å²) in [5.74, 6) is 0.855. The largest absolute Gasteiger partial charge is 0.466 e. The molecule has 2 heterocycles. The number of nitrogens with one attached hydrogen (secondary N) is 2. The Labute approximate surface area is 211 Å². The van der Waals surface area contributed by atoms with Gasteiger partial charge >= 0.3 is 0 Å². The van der Waals surface area contributed by atoms with Gasteiger partial charge in [0.05, 0.1) is 23.4 Å². The number of furan rings is 1. The Kier molecular flexibility index (Phi) is 7.85. The lowest BCUT2D eigenvalue weighted by Crippen LogP contribution is -2.50. The number of para-hydroxylation sites is 1. The van der Waals surface area contributed by atoms with Crippen molar-refractivity contribution in [2.24, 2.45) is 0 Å². The van der Waals surface area contributed by atoms with Gasteiger partial charge in [0.2, 0.25) is 5.91 Å². The molecule has 0 aliphatic carbocycles. The molecule has 0 atom stereocenters. The van der Waals surface area contributed by atoms with Crippen molar-refractivity contribution in [3.63, 3.8) is 0 Å². The van der Waals surface area contributed by atoms with Crippen LogP contribution in [-0.4, -0.2) is 60.2 Å². The zero-order valence-corrected chi connectivity index (χ0v) is 21.0. The lowest BCUT2D eigenvalue weighted by atomic mass is 10.1. The van der Waals surface area contributed by atoms with E-state index in [1.54, 1.807) is 42.2 Å². The van der Waals surface area contributed by atoms with Gasteiger partial charge in [0.25, 0.3) is 11.8 Å². The van der Waals surface area contributed by atoms with E-state index in [9.17, 15) is 14.4 Å². The van der Waals surface area contributed by atoms with Crippen LogP contribution in [0.5, 0.6) is 0 Å². The summed E-state index contributed by atoms with van der Waals surface area (Å²) in [6.07, 6.45) is 0. The average Bonchev–Trinajstić information content (AvgIpc) is 3.21. The van der Waals surface area contributed by atoms with E-state index in [0.29, 0.717) is 55.3 Å². The van der Waals surface area contributed by atoms with Crippen molar-refractivity contribution in [3.8, 4) is 0 Å². The summed E-state index contributed by atoms with van der Waals surface area (Å²) in [5.41, 5.74) is 3.65. The molecule has 1 fully saturated rings. The summed E-state index contributed by atoms with van der Waals surface area (Å²) >= 11 is 0. The molecule has 3 amide bonds. The minimum absolute atomic E-state index is 0.0426. The highest BCUT2D eigenvalue weighted by Crippen LogP contribution is 2.18. The molecular formula is C28H32N4O4. The van der Waals surface area contributed by atoms with Crippen LogP contribution < -0.4 is 10.6 Å². The van der Waals surface area contributed by atoms with Crippen LogP contribution >= 0.6 is 0 Å². The molecule has 8 heteroatoms. The van der Waals surface area contributed by atoms with Crippen LogP contribution in [-0.2, 0) is 11.3 Å². The quantitative estimate of drug-likeness (QED) is 0.531. The Balaban J connectivity index is 1.29. The van der Waals surface area contributed by atoms with E-state index in [1.807, 2.05) is 43.0 Å². The molecule has 3 aromatic rings. The molecule has 1 saturated heterocycles. The molecule has 0 spiro atoms. The molecule has 1 aromatic heterocycles. The van der Waals surface area contributed by atoms with Crippen molar-refractivity contribution in [2.45, 2.75) is 27.3 Å². The minimum atomic E-state index is -0.247. The first kappa shape index (κ1) is 25.2. The number of carbonyl (C=O) groups is 3. The van der Waals surface area contributed by atoms with E-state index >= 15 is 0 Å². The first-order valence-corrected chi connectivity index (χ1v) is 12.1. The van der Waals surface area contributed by atoms with Crippen LogP contribution in [0.25, 0.3) is 0 Å². The van der Waals surface area contributed by atoms with E-state index in [2.05, 4.69) is 10.6 Å². The highest BCUT2D eigenvalue weighted by Gasteiger charge is 2.26. The summed E-state index contributed by atoms with van der Waals surface area (Å²) in [7, 11) is 0. The molecule has 8 nitrogen and oxygen atoms in total. The SMILES string of the molecule is Cc1ccc(CNC(=O)c2ccccc2NC(=O)CN2CCN(C(=O)c3cc(C)oc3C)CC2)cc1. The van der Waals surface area contributed by atoms with Gasteiger partial charge in [0.15, 0.2) is 0 Å². The monoisotopic (exact) mass is 488 g/mol. The summed E-state index contributed by atoms with van der Waals surface area (Å²) in [5, 5.41) is 5.80. The average molecular weight is 489 g/mol. The first-order valence-electron chi connectivity index (χ1n) is 12.1. The third kappa shape index (κ3) is 6.20. The van der Waals surface area contributed by atoms with Gasteiger partial charge in [0, 0.05) is 32.7 Å². The van der Waals surface area contributed by atoms with Gasteiger partial charge in [0.1, 0.15) is 11.5 Å². The van der Waals surface area contributed by atoms with E-state index in [-0.39, 0.29) is 24.3 Å². The maximum Gasteiger partial charge on any atom is 0.257 e. The Morgan fingerprint density at radius 2 is 1.58 bits per heavy atom. The Bertz CT molecular complexity index is 1240.